The number of nitrogens with zero attached hydrogens (tertiary/aromatic N) is 2. The molecule has 0 atom stereocenters. The predicted octanol–water partition coefficient (Wildman–Crippen LogP) is 0.495. The highest BCUT2D eigenvalue weighted by Crippen LogP contribution is 2.12. The van der Waals surface area contributed by atoms with E-state index < -0.39 is 0 Å². The van der Waals surface area contributed by atoms with Crippen LogP contribution in [0.15, 0.2) is 21.5 Å². The average molecular weight is 234 g/mol. The Labute approximate surface area is 98.1 Å². The zero-order valence-electron chi connectivity index (χ0n) is 9.78. The van der Waals surface area contributed by atoms with Crippen molar-refractivity contribution in [3.05, 3.63) is 34.1 Å². The maximum Gasteiger partial charge on any atom is 0.253 e. The molecule has 0 spiro atoms. The third-order valence-electron chi connectivity index (χ3n) is 2.34. The molecule has 17 heavy (non-hydrogen) atoms. The molecule has 0 aliphatic rings. The lowest BCUT2D eigenvalue weighted by molar-refractivity contribution is 0.499. The molecule has 2 aromatic rings. The molecule has 2 aromatic heterocycles. The molecular formula is C11H14N4O2. The van der Waals surface area contributed by atoms with Crippen LogP contribution in [-0.4, -0.2) is 28.8 Å². The zero-order chi connectivity index (χ0) is 12.3. The van der Waals surface area contributed by atoms with Crippen LogP contribution in [0.1, 0.15) is 11.6 Å². The first kappa shape index (κ1) is 11.5. The molecule has 0 unspecified atom stereocenters. The van der Waals surface area contributed by atoms with E-state index in [0.29, 0.717) is 17.9 Å². The summed E-state index contributed by atoms with van der Waals surface area (Å²) in [7, 11) is 1.85. The van der Waals surface area contributed by atoms with Crippen molar-refractivity contribution in [1.29, 1.82) is 0 Å². The van der Waals surface area contributed by atoms with Gasteiger partial charge in [0.15, 0.2) is 5.43 Å². The highest BCUT2D eigenvalue weighted by atomic mass is 16.4. The summed E-state index contributed by atoms with van der Waals surface area (Å²) in [5.74, 6) is 0.784. The SMILES string of the molecule is CNCCc1nnc(-c2c[nH]c(C)cc2=O)o1. The quantitative estimate of drug-likeness (QED) is 0.804. The van der Waals surface area contributed by atoms with E-state index in [1.807, 2.05) is 14.0 Å². The fourth-order valence-electron chi connectivity index (χ4n) is 1.44. The number of rotatable bonds is 4. The number of aromatic nitrogens is 3. The minimum absolute atomic E-state index is 0.120. The van der Waals surface area contributed by atoms with Gasteiger partial charge in [0, 0.05) is 30.9 Å². The molecule has 0 amide bonds. The smallest absolute Gasteiger partial charge is 0.253 e. The van der Waals surface area contributed by atoms with Gasteiger partial charge in [0.05, 0.1) is 0 Å². The van der Waals surface area contributed by atoms with E-state index in [1.54, 1.807) is 6.20 Å². The Kier molecular flexibility index (Phi) is 3.34. The van der Waals surface area contributed by atoms with Gasteiger partial charge in [-0.3, -0.25) is 4.79 Å². The second-order valence-electron chi connectivity index (χ2n) is 3.75. The molecule has 0 aromatic carbocycles. The molecule has 0 saturated heterocycles. The standard InChI is InChI=1S/C11H14N4O2/c1-7-5-9(16)8(6-13-7)11-15-14-10(17-11)3-4-12-2/h5-6,12H,3-4H2,1-2H3,(H,13,16). The van der Waals surface area contributed by atoms with Gasteiger partial charge in [-0.25, -0.2) is 0 Å². The highest BCUT2D eigenvalue weighted by Gasteiger charge is 2.11. The van der Waals surface area contributed by atoms with Crippen molar-refractivity contribution in [3.63, 3.8) is 0 Å². The Morgan fingerprint density at radius 2 is 2.29 bits per heavy atom. The summed E-state index contributed by atoms with van der Waals surface area (Å²) in [5, 5.41) is 10.7. The Morgan fingerprint density at radius 1 is 1.47 bits per heavy atom. The average Bonchev–Trinajstić information content (AvgIpc) is 2.75. The first-order chi connectivity index (χ1) is 8.20. The third-order valence-corrected chi connectivity index (χ3v) is 2.34. The highest BCUT2D eigenvalue weighted by molar-refractivity contribution is 5.50. The van der Waals surface area contributed by atoms with Crippen LogP contribution >= 0.6 is 0 Å². The van der Waals surface area contributed by atoms with Crippen molar-refractivity contribution in [2.24, 2.45) is 0 Å². The van der Waals surface area contributed by atoms with E-state index in [-0.39, 0.29) is 11.3 Å². The topological polar surface area (TPSA) is 83.8 Å². The number of pyridine rings is 1. The lowest BCUT2D eigenvalue weighted by Crippen LogP contribution is -2.10. The lowest BCUT2D eigenvalue weighted by atomic mass is 10.2. The van der Waals surface area contributed by atoms with Crippen molar-refractivity contribution in [1.82, 2.24) is 20.5 Å². The lowest BCUT2D eigenvalue weighted by Gasteiger charge is -1.95. The number of hydrogen-bond acceptors (Lipinski definition) is 5. The molecule has 2 heterocycles. The van der Waals surface area contributed by atoms with E-state index in [2.05, 4.69) is 20.5 Å². The summed E-state index contributed by atoms with van der Waals surface area (Å²) in [6, 6.07) is 1.51. The van der Waals surface area contributed by atoms with Crippen LogP contribution in [0.25, 0.3) is 11.5 Å². The largest absolute Gasteiger partial charge is 0.420 e. The molecule has 2 N–H and O–H groups in total. The van der Waals surface area contributed by atoms with Gasteiger partial charge in [0.1, 0.15) is 5.56 Å². The van der Waals surface area contributed by atoms with Crippen LogP contribution in [0, 0.1) is 6.92 Å². The van der Waals surface area contributed by atoms with Gasteiger partial charge in [0.25, 0.3) is 5.89 Å². The molecule has 0 saturated carbocycles. The number of H-pyrrole nitrogens is 1. The Hall–Kier alpha value is -1.95. The maximum absolute atomic E-state index is 11.7. The molecule has 0 aliphatic heterocycles. The van der Waals surface area contributed by atoms with Crippen molar-refractivity contribution < 1.29 is 4.42 Å². The Balaban J connectivity index is 2.27. The van der Waals surface area contributed by atoms with Crippen molar-refractivity contribution in [2.75, 3.05) is 13.6 Å². The van der Waals surface area contributed by atoms with Crippen LogP contribution in [0.4, 0.5) is 0 Å². The molecule has 0 fully saturated rings. The number of nitrogens with one attached hydrogen (secondary N) is 2. The first-order valence-corrected chi connectivity index (χ1v) is 5.37. The van der Waals surface area contributed by atoms with E-state index in [9.17, 15) is 4.79 Å². The number of likely N-dealkylation sites (N-methyl/N-ethyl adjacent to an activating group) is 1. The minimum atomic E-state index is -0.120. The van der Waals surface area contributed by atoms with Crippen LogP contribution < -0.4 is 10.7 Å². The summed E-state index contributed by atoms with van der Waals surface area (Å²) in [6.45, 7) is 2.57. The molecule has 0 radical (unpaired) electrons. The van der Waals surface area contributed by atoms with Gasteiger partial charge in [-0.2, -0.15) is 0 Å². The number of aromatic amines is 1. The normalized spacial score (nSPS) is 10.7. The molecule has 90 valence electrons. The number of aryl methyl sites for hydroxylation is 1. The van der Waals surface area contributed by atoms with E-state index in [1.165, 1.54) is 6.07 Å². The second kappa shape index (κ2) is 4.92. The first-order valence-electron chi connectivity index (χ1n) is 5.37. The molecule has 0 bridgehead atoms. The molecule has 6 nitrogen and oxygen atoms in total. The fraction of sp³-hybridized carbons (Fsp3) is 0.364. The number of hydrogen-bond donors (Lipinski definition) is 2. The zero-order valence-corrected chi connectivity index (χ0v) is 9.78. The Morgan fingerprint density at radius 3 is 3.00 bits per heavy atom. The van der Waals surface area contributed by atoms with Gasteiger partial charge in [-0.1, -0.05) is 0 Å². The fourth-order valence-corrected chi connectivity index (χ4v) is 1.44. The molecule has 0 aliphatic carbocycles. The summed E-state index contributed by atoms with van der Waals surface area (Å²) in [4.78, 5) is 14.7. The van der Waals surface area contributed by atoms with Gasteiger partial charge in [-0.05, 0) is 14.0 Å². The van der Waals surface area contributed by atoms with Crippen LogP contribution in [0.3, 0.4) is 0 Å². The van der Waals surface area contributed by atoms with Gasteiger partial charge < -0.3 is 14.7 Å². The van der Waals surface area contributed by atoms with Gasteiger partial charge in [0.2, 0.25) is 5.89 Å². The van der Waals surface area contributed by atoms with E-state index >= 15 is 0 Å². The van der Waals surface area contributed by atoms with Crippen LogP contribution in [0.2, 0.25) is 0 Å². The third kappa shape index (κ3) is 2.59. The predicted molar refractivity (Wildman–Crippen MR) is 62.7 cm³/mol. The molecular weight excluding hydrogens is 220 g/mol. The van der Waals surface area contributed by atoms with Crippen molar-refractivity contribution in [2.45, 2.75) is 13.3 Å². The minimum Gasteiger partial charge on any atom is -0.420 e. The second-order valence-corrected chi connectivity index (χ2v) is 3.75. The van der Waals surface area contributed by atoms with E-state index in [0.717, 1.165) is 12.2 Å². The summed E-state index contributed by atoms with van der Waals surface area (Å²) in [6.07, 6.45) is 2.24. The van der Waals surface area contributed by atoms with E-state index in [4.69, 9.17) is 4.42 Å². The summed E-state index contributed by atoms with van der Waals surface area (Å²) < 4.78 is 5.41. The van der Waals surface area contributed by atoms with Crippen LogP contribution in [0.5, 0.6) is 0 Å². The monoisotopic (exact) mass is 234 g/mol. The van der Waals surface area contributed by atoms with Gasteiger partial charge >= 0.3 is 0 Å². The maximum atomic E-state index is 11.7. The summed E-state index contributed by atoms with van der Waals surface area (Å²) >= 11 is 0. The summed E-state index contributed by atoms with van der Waals surface area (Å²) in [5.41, 5.74) is 1.08. The van der Waals surface area contributed by atoms with Crippen molar-refractivity contribution in [3.8, 4) is 11.5 Å². The molecule has 6 heteroatoms. The van der Waals surface area contributed by atoms with Crippen LogP contribution in [-0.2, 0) is 6.42 Å². The van der Waals surface area contributed by atoms with Crippen molar-refractivity contribution >= 4 is 0 Å². The van der Waals surface area contributed by atoms with Gasteiger partial charge in [-0.15, -0.1) is 10.2 Å². The Bertz CT molecular complexity index is 559. The molecule has 2 rings (SSSR count).